The molecule has 1 aromatic carbocycles. The van der Waals surface area contributed by atoms with Crippen LogP contribution in [-0.2, 0) is 0 Å². The van der Waals surface area contributed by atoms with E-state index in [9.17, 15) is 9.90 Å². The standard InChI is InChI=1S/C20H25NO2/c1-15(12-16-8-4-2-5-9-16)18-13-19(22)20(23)14-21(18)17-10-6-3-7-11-17/h3,6-7,10-11,13-16,23H,2,4-5,8-9,12H2,1H3. The van der Waals surface area contributed by atoms with Crippen molar-refractivity contribution in [2.24, 2.45) is 5.92 Å². The largest absolute Gasteiger partial charge is 0.503 e. The SMILES string of the molecule is CC(CC1CCCCC1)c1cc(=O)c(O)cn1-c1ccccc1. The molecule has 0 aliphatic heterocycles. The van der Waals surface area contributed by atoms with Crippen molar-refractivity contribution in [3.05, 3.63) is 58.5 Å². The fourth-order valence-electron chi connectivity index (χ4n) is 3.77. The zero-order valence-corrected chi connectivity index (χ0v) is 13.7. The number of para-hydroxylation sites is 1. The number of benzene rings is 1. The Morgan fingerprint density at radius 2 is 1.87 bits per heavy atom. The van der Waals surface area contributed by atoms with Gasteiger partial charge in [-0.05, 0) is 30.4 Å². The second kappa shape index (κ2) is 7.03. The molecule has 1 saturated carbocycles. The van der Waals surface area contributed by atoms with Gasteiger partial charge in [0.2, 0.25) is 5.43 Å². The van der Waals surface area contributed by atoms with Crippen LogP contribution in [0, 0.1) is 5.92 Å². The van der Waals surface area contributed by atoms with Crippen molar-refractivity contribution in [3.8, 4) is 11.4 Å². The van der Waals surface area contributed by atoms with E-state index < -0.39 is 0 Å². The van der Waals surface area contributed by atoms with E-state index in [4.69, 9.17) is 0 Å². The third-order valence-corrected chi connectivity index (χ3v) is 5.01. The summed E-state index contributed by atoms with van der Waals surface area (Å²) in [6, 6.07) is 11.5. The van der Waals surface area contributed by atoms with Gasteiger partial charge in [-0.15, -0.1) is 0 Å². The molecule has 0 spiro atoms. The predicted molar refractivity (Wildman–Crippen MR) is 93.3 cm³/mol. The van der Waals surface area contributed by atoms with Crippen molar-refractivity contribution in [2.45, 2.75) is 51.4 Å². The van der Waals surface area contributed by atoms with Gasteiger partial charge in [0.25, 0.3) is 0 Å². The lowest BCUT2D eigenvalue weighted by Crippen LogP contribution is -2.16. The second-order valence-corrected chi connectivity index (χ2v) is 6.79. The van der Waals surface area contributed by atoms with Crippen LogP contribution in [0.4, 0.5) is 0 Å². The number of hydrogen-bond donors (Lipinski definition) is 1. The molecule has 2 aromatic rings. The summed E-state index contributed by atoms with van der Waals surface area (Å²) < 4.78 is 1.96. The molecule has 122 valence electrons. The molecule has 3 heteroatoms. The Hall–Kier alpha value is -2.03. The molecule has 3 nitrogen and oxygen atoms in total. The van der Waals surface area contributed by atoms with Crippen molar-refractivity contribution in [2.75, 3.05) is 0 Å². The molecule has 23 heavy (non-hydrogen) atoms. The van der Waals surface area contributed by atoms with Gasteiger partial charge >= 0.3 is 0 Å². The van der Waals surface area contributed by atoms with Gasteiger partial charge in [0.05, 0.1) is 6.20 Å². The van der Waals surface area contributed by atoms with Crippen molar-refractivity contribution in [1.29, 1.82) is 0 Å². The van der Waals surface area contributed by atoms with E-state index in [2.05, 4.69) is 6.92 Å². The van der Waals surface area contributed by atoms with Crippen molar-refractivity contribution in [1.82, 2.24) is 4.57 Å². The topological polar surface area (TPSA) is 42.2 Å². The Morgan fingerprint density at radius 1 is 1.17 bits per heavy atom. The van der Waals surface area contributed by atoms with E-state index in [0.29, 0.717) is 5.92 Å². The maximum Gasteiger partial charge on any atom is 0.223 e. The van der Waals surface area contributed by atoms with Crippen molar-refractivity contribution >= 4 is 0 Å². The molecule has 1 fully saturated rings. The molecule has 0 bridgehead atoms. The molecule has 1 N–H and O–H groups in total. The average molecular weight is 311 g/mol. The van der Waals surface area contributed by atoms with E-state index >= 15 is 0 Å². The van der Waals surface area contributed by atoms with Crippen molar-refractivity contribution in [3.63, 3.8) is 0 Å². The third-order valence-electron chi connectivity index (χ3n) is 5.01. The van der Waals surface area contributed by atoms with Crippen LogP contribution < -0.4 is 5.43 Å². The van der Waals surface area contributed by atoms with Crippen LogP contribution in [-0.4, -0.2) is 9.67 Å². The lowest BCUT2D eigenvalue weighted by Gasteiger charge is -2.26. The zero-order chi connectivity index (χ0) is 16.2. The smallest absolute Gasteiger partial charge is 0.223 e. The highest BCUT2D eigenvalue weighted by Gasteiger charge is 2.20. The van der Waals surface area contributed by atoms with Crippen LogP contribution in [0.1, 0.15) is 57.1 Å². The molecule has 0 amide bonds. The maximum absolute atomic E-state index is 12.0. The third kappa shape index (κ3) is 3.66. The summed E-state index contributed by atoms with van der Waals surface area (Å²) in [7, 11) is 0. The lowest BCUT2D eigenvalue weighted by atomic mass is 9.82. The summed E-state index contributed by atoms with van der Waals surface area (Å²) in [6.07, 6.45) is 9.30. The van der Waals surface area contributed by atoms with Gasteiger partial charge in [-0.25, -0.2) is 0 Å². The van der Waals surface area contributed by atoms with E-state index in [1.165, 1.54) is 32.1 Å². The molecule has 1 aliphatic carbocycles. The first-order chi connectivity index (χ1) is 11.1. The normalized spacial score (nSPS) is 17.1. The number of rotatable bonds is 4. The highest BCUT2D eigenvalue weighted by Crippen LogP contribution is 2.33. The molecule has 0 radical (unpaired) electrons. The highest BCUT2D eigenvalue weighted by atomic mass is 16.3. The summed E-state index contributed by atoms with van der Waals surface area (Å²) in [4.78, 5) is 12.0. The number of aromatic hydroxyl groups is 1. The van der Waals surface area contributed by atoms with E-state index in [1.54, 1.807) is 12.3 Å². The van der Waals surface area contributed by atoms with Crippen LogP contribution in [0.15, 0.2) is 47.4 Å². The first-order valence-corrected chi connectivity index (χ1v) is 8.66. The van der Waals surface area contributed by atoms with E-state index in [0.717, 1.165) is 23.7 Å². The summed E-state index contributed by atoms with van der Waals surface area (Å²) in [5, 5.41) is 9.86. The van der Waals surface area contributed by atoms with E-state index in [1.807, 2.05) is 34.9 Å². The number of aromatic nitrogens is 1. The number of pyridine rings is 1. The Kier molecular flexibility index (Phi) is 4.85. The Bertz CT molecular complexity index is 699. The monoisotopic (exact) mass is 311 g/mol. The Balaban J connectivity index is 1.93. The molecular weight excluding hydrogens is 286 g/mol. The van der Waals surface area contributed by atoms with Gasteiger partial charge in [0.1, 0.15) is 0 Å². The Labute approximate surface area is 137 Å². The van der Waals surface area contributed by atoms with Gasteiger partial charge in [0.15, 0.2) is 5.75 Å². The Morgan fingerprint density at radius 3 is 2.57 bits per heavy atom. The van der Waals surface area contributed by atoms with E-state index in [-0.39, 0.29) is 11.2 Å². The van der Waals surface area contributed by atoms with Gasteiger partial charge in [-0.3, -0.25) is 4.79 Å². The molecule has 1 aromatic heterocycles. The van der Waals surface area contributed by atoms with Crippen LogP contribution in [0.2, 0.25) is 0 Å². The quantitative estimate of drug-likeness (QED) is 0.895. The van der Waals surface area contributed by atoms with Crippen LogP contribution in [0.3, 0.4) is 0 Å². The van der Waals surface area contributed by atoms with Gasteiger partial charge in [-0.1, -0.05) is 57.2 Å². The minimum absolute atomic E-state index is 0.192. The minimum atomic E-state index is -0.289. The maximum atomic E-state index is 12.0. The van der Waals surface area contributed by atoms with Gasteiger partial charge in [-0.2, -0.15) is 0 Å². The van der Waals surface area contributed by atoms with Gasteiger partial charge < -0.3 is 9.67 Å². The molecule has 3 rings (SSSR count). The molecule has 1 heterocycles. The predicted octanol–water partition coefficient (Wildman–Crippen LogP) is 4.62. The molecule has 0 saturated heterocycles. The van der Waals surface area contributed by atoms with Crippen molar-refractivity contribution < 1.29 is 5.11 Å². The van der Waals surface area contributed by atoms with Crippen LogP contribution in [0.5, 0.6) is 5.75 Å². The zero-order valence-electron chi connectivity index (χ0n) is 13.7. The molecular formula is C20H25NO2. The summed E-state index contributed by atoms with van der Waals surface area (Å²) in [5.41, 5.74) is 1.68. The molecule has 1 unspecified atom stereocenters. The summed E-state index contributed by atoms with van der Waals surface area (Å²) >= 11 is 0. The number of nitrogens with zero attached hydrogens (tertiary/aromatic N) is 1. The van der Waals surface area contributed by atoms with Gasteiger partial charge in [0, 0.05) is 17.4 Å². The average Bonchev–Trinajstić information content (AvgIpc) is 2.58. The summed E-state index contributed by atoms with van der Waals surface area (Å²) in [5.74, 6) is 0.862. The minimum Gasteiger partial charge on any atom is -0.503 e. The molecule has 1 atom stereocenters. The first kappa shape index (κ1) is 15.9. The van der Waals surface area contributed by atoms with Crippen LogP contribution in [0.25, 0.3) is 5.69 Å². The molecule has 1 aliphatic rings. The fraction of sp³-hybridized carbons (Fsp3) is 0.450. The number of hydrogen-bond acceptors (Lipinski definition) is 2. The fourth-order valence-corrected chi connectivity index (χ4v) is 3.77. The summed E-state index contributed by atoms with van der Waals surface area (Å²) in [6.45, 7) is 2.19. The first-order valence-electron chi connectivity index (χ1n) is 8.66. The highest BCUT2D eigenvalue weighted by molar-refractivity contribution is 5.37. The lowest BCUT2D eigenvalue weighted by molar-refractivity contribution is 0.320. The van der Waals surface area contributed by atoms with Crippen LogP contribution >= 0.6 is 0 Å². The second-order valence-electron chi connectivity index (χ2n) is 6.79.